The van der Waals surface area contributed by atoms with Gasteiger partial charge < -0.3 is 10.2 Å². The average molecular weight is 504 g/mol. The number of fused-ring (bicyclic) bond motifs is 1. The van der Waals surface area contributed by atoms with E-state index >= 15 is 0 Å². The van der Waals surface area contributed by atoms with E-state index in [1.54, 1.807) is 17.5 Å². The highest BCUT2D eigenvalue weighted by Crippen LogP contribution is 2.40. The van der Waals surface area contributed by atoms with E-state index in [2.05, 4.69) is 57.0 Å². The van der Waals surface area contributed by atoms with E-state index in [1.807, 2.05) is 66.7 Å². The Kier molecular flexibility index (Phi) is 5.92. The largest absolute Gasteiger partial charge is 0.384 e. The second-order valence-corrected chi connectivity index (χ2v) is 9.20. The van der Waals surface area contributed by atoms with Crippen LogP contribution in [0.5, 0.6) is 0 Å². The lowest BCUT2D eigenvalue weighted by Crippen LogP contribution is -2.38. The number of para-hydroxylation sites is 1. The molecule has 0 aliphatic heterocycles. The average Bonchev–Trinajstić information content (AvgIpc) is 3.60. The maximum absolute atomic E-state index is 13.0. The molecule has 0 fully saturated rings. The lowest BCUT2D eigenvalue weighted by Gasteiger charge is -2.36. The Bertz CT molecular complexity index is 1550. The van der Waals surface area contributed by atoms with Gasteiger partial charge in [0.25, 0.3) is 0 Å². The van der Waals surface area contributed by atoms with Crippen molar-refractivity contribution in [3.63, 3.8) is 0 Å². The Morgan fingerprint density at radius 1 is 0.757 bits per heavy atom. The van der Waals surface area contributed by atoms with E-state index in [1.165, 1.54) is 11.3 Å². The van der Waals surface area contributed by atoms with Gasteiger partial charge in [-0.1, -0.05) is 108 Å². The molecule has 6 rings (SSSR count). The van der Waals surface area contributed by atoms with Crippen molar-refractivity contribution in [3.05, 3.63) is 143 Å². The highest BCUT2D eigenvalue weighted by molar-refractivity contribution is 7.13. The summed E-state index contributed by atoms with van der Waals surface area (Å²) in [6.07, 6.45) is 0. The molecule has 2 heterocycles. The summed E-state index contributed by atoms with van der Waals surface area (Å²) >= 11 is 1.34. The van der Waals surface area contributed by atoms with E-state index in [9.17, 15) is 4.79 Å². The molecule has 0 aliphatic carbocycles. The molecule has 0 saturated heterocycles. The highest BCUT2D eigenvalue weighted by atomic mass is 32.1. The summed E-state index contributed by atoms with van der Waals surface area (Å²) in [5.41, 5.74) is 3.79. The number of hydrogen-bond acceptors (Lipinski definition) is 7. The van der Waals surface area contributed by atoms with E-state index in [0.29, 0.717) is 16.2 Å². The number of aromatic nitrogens is 4. The number of rotatable bonds is 7. The van der Waals surface area contributed by atoms with Crippen LogP contribution in [-0.4, -0.2) is 26.1 Å². The predicted molar refractivity (Wildman–Crippen MR) is 143 cm³/mol. The first kappa shape index (κ1) is 22.6. The number of carbonyl (C=O) groups is 1. The summed E-state index contributed by atoms with van der Waals surface area (Å²) < 4.78 is 0. The molecule has 0 spiro atoms. The van der Waals surface area contributed by atoms with Crippen LogP contribution < -0.4 is 10.2 Å². The minimum absolute atomic E-state index is 0.176. The second kappa shape index (κ2) is 9.67. The third-order valence-electron chi connectivity index (χ3n) is 6.12. The molecule has 2 aromatic heterocycles. The van der Waals surface area contributed by atoms with Crippen LogP contribution in [0, 0.1) is 0 Å². The van der Waals surface area contributed by atoms with Gasteiger partial charge in [0.05, 0.1) is 0 Å². The van der Waals surface area contributed by atoms with Gasteiger partial charge in [0, 0.05) is 5.38 Å². The molecule has 0 unspecified atom stereocenters. The SMILES string of the molecule is O=C(On1nnc2ccccc21)c1csc(NC(c2ccccc2)(c2ccccc2)c2ccccc2)n1. The Labute approximate surface area is 217 Å². The standard InChI is InChI=1S/C29H21N5O2S/c35-27(36-34-26-19-11-10-18-24(26)32-33-34)25-20-37-28(30-25)31-29(21-12-4-1-5-13-21,22-14-6-2-7-15-22)23-16-8-3-9-17-23/h1-20H,(H,30,31). The van der Waals surface area contributed by atoms with Crippen LogP contribution in [-0.2, 0) is 5.54 Å². The Morgan fingerprint density at radius 2 is 1.30 bits per heavy atom. The zero-order valence-electron chi connectivity index (χ0n) is 19.6. The fourth-order valence-electron chi connectivity index (χ4n) is 4.41. The number of nitrogens with zero attached hydrogens (tertiary/aromatic N) is 4. The number of thiazole rings is 1. The van der Waals surface area contributed by atoms with Crippen LogP contribution in [0.15, 0.2) is 121 Å². The summed E-state index contributed by atoms with van der Waals surface area (Å²) in [6, 6.07) is 37.9. The number of benzene rings is 4. The summed E-state index contributed by atoms with van der Waals surface area (Å²) in [4.78, 5) is 24.1. The summed E-state index contributed by atoms with van der Waals surface area (Å²) in [6.45, 7) is 0. The Hall–Kier alpha value is -4.82. The molecule has 0 bridgehead atoms. The van der Waals surface area contributed by atoms with E-state index in [-0.39, 0.29) is 5.69 Å². The molecule has 6 aromatic rings. The van der Waals surface area contributed by atoms with Crippen LogP contribution in [0.1, 0.15) is 27.2 Å². The van der Waals surface area contributed by atoms with Gasteiger partial charge in [0.15, 0.2) is 10.8 Å². The van der Waals surface area contributed by atoms with Crippen molar-refractivity contribution in [1.29, 1.82) is 0 Å². The van der Waals surface area contributed by atoms with Gasteiger partial charge in [-0.25, -0.2) is 9.78 Å². The zero-order chi connectivity index (χ0) is 25.1. The van der Waals surface area contributed by atoms with Crippen molar-refractivity contribution < 1.29 is 9.63 Å². The molecule has 0 amide bonds. The van der Waals surface area contributed by atoms with Crippen molar-refractivity contribution in [2.24, 2.45) is 0 Å². The van der Waals surface area contributed by atoms with E-state index in [4.69, 9.17) is 4.84 Å². The molecule has 180 valence electrons. The van der Waals surface area contributed by atoms with E-state index in [0.717, 1.165) is 21.5 Å². The smallest absolute Gasteiger partial charge is 0.344 e. The molecule has 0 atom stereocenters. The Balaban J connectivity index is 1.39. The van der Waals surface area contributed by atoms with Gasteiger partial charge >= 0.3 is 5.97 Å². The van der Waals surface area contributed by atoms with Crippen molar-refractivity contribution in [2.45, 2.75) is 5.54 Å². The molecule has 0 saturated carbocycles. The first-order chi connectivity index (χ1) is 18.2. The fourth-order valence-corrected chi connectivity index (χ4v) is 5.14. The molecule has 4 aromatic carbocycles. The quantitative estimate of drug-likeness (QED) is 0.227. The summed E-state index contributed by atoms with van der Waals surface area (Å²) in [7, 11) is 0. The fraction of sp³-hybridized carbons (Fsp3) is 0.0345. The third kappa shape index (κ3) is 4.23. The van der Waals surface area contributed by atoms with Crippen LogP contribution in [0.4, 0.5) is 5.13 Å². The van der Waals surface area contributed by atoms with Crippen LogP contribution in [0.25, 0.3) is 11.0 Å². The topological polar surface area (TPSA) is 81.9 Å². The molecular formula is C29H21N5O2S. The number of hydrogen-bond donors (Lipinski definition) is 1. The van der Waals surface area contributed by atoms with Gasteiger partial charge in [-0.15, -0.1) is 16.4 Å². The molecule has 0 radical (unpaired) electrons. The first-order valence-corrected chi connectivity index (χ1v) is 12.6. The van der Waals surface area contributed by atoms with Gasteiger partial charge in [-0.05, 0) is 34.0 Å². The number of anilines is 1. The minimum Gasteiger partial charge on any atom is -0.344 e. The maximum Gasteiger partial charge on any atom is 0.384 e. The van der Waals surface area contributed by atoms with Gasteiger partial charge in [-0.3, -0.25) is 0 Å². The molecule has 1 N–H and O–H groups in total. The van der Waals surface area contributed by atoms with Gasteiger partial charge in [0.2, 0.25) is 0 Å². The maximum atomic E-state index is 13.0. The van der Waals surface area contributed by atoms with Crippen LogP contribution >= 0.6 is 11.3 Å². The lowest BCUT2D eigenvalue weighted by atomic mass is 9.77. The minimum atomic E-state index is -0.745. The highest BCUT2D eigenvalue weighted by Gasteiger charge is 2.37. The van der Waals surface area contributed by atoms with Crippen molar-refractivity contribution in [3.8, 4) is 0 Å². The van der Waals surface area contributed by atoms with E-state index < -0.39 is 11.5 Å². The predicted octanol–water partition coefficient (Wildman–Crippen LogP) is 5.56. The van der Waals surface area contributed by atoms with Crippen LogP contribution in [0.3, 0.4) is 0 Å². The normalized spacial score (nSPS) is 11.4. The summed E-state index contributed by atoms with van der Waals surface area (Å²) in [5, 5.41) is 13.9. The molecule has 0 aliphatic rings. The monoisotopic (exact) mass is 503 g/mol. The van der Waals surface area contributed by atoms with Crippen molar-refractivity contribution in [2.75, 3.05) is 5.32 Å². The number of nitrogens with one attached hydrogen (secondary N) is 1. The lowest BCUT2D eigenvalue weighted by molar-refractivity contribution is 0.0403. The van der Waals surface area contributed by atoms with Crippen molar-refractivity contribution in [1.82, 2.24) is 20.1 Å². The Morgan fingerprint density at radius 3 is 1.89 bits per heavy atom. The molecule has 37 heavy (non-hydrogen) atoms. The zero-order valence-corrected chi connectivity index (χ0v) is 20.4. The molecule has 8 heteroatoms. The third-order valence-corrected chi connectivity index (χ3v) is 6.88. The summed E-state index contributed by atoms with van der Waals surface area (Å²) in [5.74, 6) is -0.621. The van der Waals surface area contributed by atoms with Crippen LogP contribution in [0.2, 0.25) is 0 Å². The number of carbonyl (C=O) groups excluding carboxylic acids is 1. The second-order valence-electron chi connectivity index (χ2n) is 8.34. The van der Waals surface area contributed by atoms with Gasteiger partial charge in [-0.2, -0.15) is 0 Å². The van der Waals surface area contributed by atoms with Crippen molar-refractivity contribution >= 4 is 33.5 Å². The first-order valence-electron chi connectivity index (χ1n) is 11.7. The molecular weight excluding hydrogens is 482 g/mol. The van der Waals surface area contributed by atoms with Gasteiger partial charge in [0.1, 0.15) is 16.6 Å². The molecule has 7 nitrogen and oxygen atoms in total.